The second-order valence-corrected chi connectivity index (χ2v) is 9.69. The maximum Gasteiger partial charge on any atom is 0.328 e. The molecule has 0 saturated carbocycles. The first-order valence-electron chi connectivity index (χ1n) is 10.9. The van der Waals surface area contributed by atoms with E-state index in [-0.39, 0.29) is 23.7 Å². The average Bonchev–Trinajstić information content (AvgIpc) is 3.15. The van der Waals surface area contributed by atoms with E-state index in [1.54, 1.807) is 6.33 Å². The van der Waals surface area contributed by atoms with Crippen LogP contribution in [0.2, 0.25) is 0 Å². The predicted octanol–water partition coefficient (Wildman–Crippen LogP) is 3.10. The molecule has 1 N–H and O–H groups in total. The van der Waals surface area contributed by atoms with E-state index in [1.165, 1.54) is 35.8 Å². The van der Waals surface area contributed by atoms with Crippen LogP contribution in [0.25, 0.3) is 10.2 Å². The molecule has 1 fully saturated rings. The Morgan fingerprint density at radius 1 is 1.20 bits per heavy atom. The van der Waals surface area contributed by atoms with Gasteiger partial charge in [0.05, 0.1) is 12.5 Å². The van der Waals surface area contributed by atoms with Crippen LogP contribution in [0.3, 0.4) is 0 Å². The minimum absolute atomic E-state index is 0.0134. The van der Waals surface area contributed by atoms with Crippen molar-refractivity contribution in [2.75, 3.05) is 25.1 Å². The van der Waals surface area contributed by atoms with E-state index in [4.69, 9.17) is 4.74 Å². The molecule has 1 atom stereocenters. The number of rotatable bonds is 5. The van der Waals surface area contributed by atoms with Crippen molar-refractivity contribution in [1.29, 1.82) is 0 Å². The first-order valence-corrected chi connectivity index (χ1v) is 11.7. The summed E-state index contributed by atoms with van der Waals surface area (Å²) < 4.78 is 4.84. The van der Waals surface area contributed by atoms with Gasteiger partial charge in [-0.2, -0.15) is 0 Å². The zero-order valence-electron chi connectivity index (χ0n) is 17.9. The summed E-state index contributed by atoms with van der Waals surface area (Å²) in [6, 6.07) is -0.598. The Morgan fingerprint density at radius 2 is 1.93 bits per heavy atom. The molecule has 0 aromatic carbocycles. The Bertz CT molecular complexity index is 934. The maximum absolute atomic E-state index is 12.8. The van der Waals surface area contributed by atoms with Gasteiger partial charge < -0.3 is 15.0 Å². The topological polar surface area (TPSA) is 84.4 Å². The molecule has 0 bridgehead atoms. The second kappa shape index (κ2) is 8.88. The smallest absolute Gasteiger partial charge is 0.328 e. The molecule has 7 nitrogen and oxygen atoms in total. The Balaban J connectivity index is 1.46. The summed E-state index contributed by atoms with van der Waals surface area (Å²) in [6.45, 7) is 5.37. The van der Waals surface area contributed by atoms with E-state index in [0.717, 1.165) is 49.4 Å². The van der Waals surface area contributed by atoms with Crippen molar-refractivity contribution in [2.45, 2.75) is 58.4 Å². The van der Waals surface area contributed by atoms with Gasteiger partial charge in [-0.25, -0.2) is 14.8 Å². The average molecular weight is 431 g/mol. The minimum Gasteiger partial charge on any atom is -0.467 e. The molecule has 2 aromatic rings. The fraction of sp³-hybridized carbons (Fsp3) is 0.636. The second-order valence-electron chi connectivity index (χ2n) is 8.60. The fourth-order valence-corrected chi connectivity index (χ4v) is 5.79. The van der Waals surface area contributed by atoms with Crippen molar-refractivity contribution < 1.29 is 14.3 Å². The van der Waals surface area contributed by atoms with Crippen LogP contribution in [-0.2, 0) is 27.2 Å². The molecular formula is C22H30N4O3S. The SMILES string of the molecule is COC(=O)[C@H](NC(=O)C1CCN(c2ncnc3sc4c(c23)CCCC4)CC1)C(C)C. The highest BCUT2D eigenvalue weighted by Crippen LogP contribution is 2.40. The van der Waals surface area contributed by atoms with Gasteiger partial charge in [0.25, 0.3) is 0 Å². The van der Waals surface area contributed by atoms with Crippen LogP contribution in [0.1, 0.15) is 50.0 Å². The highest BCUT2D eigenvalue weighted by molar-refractivity contribution is 7.19. The number of anilines is 1. The number of piperidine rings is 1. The molecule has 0 unspecified atom stereocenters. The molecule has 2 aromatic heterocycles. The standard InChI is InChI=1S/C22H30N4O3S/c1-13(2)18(22(28)29-3)25-20(27)14-8-10-26(11-9-14)19-17-15-6-4-5-7-16(15)30-21(17)24-12-23-19/h12-14,18H,4-11H2,1-3H3,(H,25,27)/t18-/m1/s1. The van der Waals surface area contributed by atoms with Crippen LogP contribution in [0, 0.1) is 11.8 Å². The Kier molecular flexibility index (Phi) is 6.22. The van der Waals surface area contributed by atoms with Crippen molar-refractivity contribution in [3.63, 3.8) is 0 Å². The number of fused-ring (bicyclic) bond motifs is 3. The third-order valence-electron chi connectivity index (χ3n) is 6.32. The molecular weight excluding hydrogens is 400 g/mol. The summed E-state index contributed by atoms with van der Waals surface area (Å²) in [4.78, 5) is 38.8. The van der Waals surface area contributed by atoms with E-state index < -0.39 is 6.04 Å². The quantitative estimate of drug-likeness (QED) is 0.734. The van der Waals surface area contributed by atoms with Gasteiger partial charge in [0.1, 0.15) is 23.0 Å². The summed E-state index contributed by atoms with van der Waals surface area (Å²) in [6.07, 6.45) is 7.90. The number of aromatic nitrogens is 2. The Morgan fingerprint density at radius 3 is 2.63 bits per heavy atom. The number of thiophene rings is 1. The highest BCUT2D eigenvalue weighted by Gasteiger charge is 2.32. The number of aryl methyl sites for hydroxylation is 2. The van der Waals surface area contributed by atoms with Gasteiger partial charge in [-0.1, -0.05) is 13.8 Å². The van der Waals surface area contributed by atoms with Gasteiger partial charge in [0.2, 0.25) is 5.91 Å². The fourth-order valence-electron chi connectivity index (χ4n) is 4.56. The molecule has 1 aliphatic carbocycles. The van der Waals surface area contributed by atoms with Crippen LogP contribution < -0.4 is 10.2 Å². The molecule has 30 heavy (non-hydrogen) atoms. The van der Waals surface area contributed by atoms with Gasteiger partial charge in [-0.05, 0) is 50.0 Å². The highest BCUT2D eigenvalue weighted by atomic mass is 32.1. The first kappa shape index (κ1) is 21.0. The molecule has 162 valence electrons. The lowest BCUT2D eigenvalue weighted by molar-refractivity contribution is -0.147. The number of nitrogens with zero attached hydrogens (tertiary/aromatic N) is 3. The number of esters is 1. The van der Waals surface area contributed by atoms with Crippen LogP contribution in [0.5, 0.6) is 0 Å². The van der Waals surface area contributed by atoms with E-state index in [9.17, 15) is 9.59 Å². The number of carbonyl (C=O) groups is 2. The zero-order valence-corrected chi connectivity index (χ0v) is 18.8. The number of carbonyl (C=O) groups excluding carboxylic acids is 2. The van der Waals surface area contributed by atoms with Crippen LogP contribution >= 0.6 is 11.3 Å². The van der Waals surface area contributed by atoms with Gasteiger partial charge in [-0.15, -0.1) is 11.3 Å². The van der Waals surface area contributed by atoms with Crippen molar-refractivity contribution >= 4 is 39.2 Å². The number of nitrogens with one attached hydrogen (secondary N) is 1. The number of amides is 1. The van der Waals surface area contributed by atoms with Gasteiger partial charge in [-0.3, -0.25) is 4.79 Å². The molecule has 1 saturated heterocycles. The molecule has 2 aliphatic rings. The maximum atomic E-state index is 12.8. The Labute approximate surface area is 181 Å². The van der Waals surface area contributed by atoms with Crippen molar-refractivity contribution in [1.82, 2.24) is 15.3 Å². The predicted molar refractivity (Wildman–Crippen MR) is 118 cm³/mol. The summed E-state index contributed by atoms with van der Waals surface area (Å²) in [7, 11) is 1.36. The van der Waals surface area contributed by atoms with E-state index in [1.807, 2.05) is 25.2 Å². The number of hydrogen-bond acceptors (Lipinski definition) is 7. The van der Waals surface area contributed by atoms with E-state index in [0.29, 0.717) is 0 Å². The van der Waals surface area contributed by atoms with Gasteiger partial charge >= 0.3 is 5.97 Å². The summed E-state index contributed by atoms with van der Waals surface area (Å²) in [5, 5.41) is 4.13. The number of methoxy groups -OCH3 is 1. The van der Waals surface area contributed by atoms with Crippen molar-refractivity contribution in [3.05, 3.63) is 16.8 Å². The summed E-state index contributed by atoms with van der Waals surface area (Å²) in [5.74, 6) is 0.468. The lowest BCUT2D eigenvalue weighted by atomic mass is 9.93. The number of ether oxygens (including phenoxy) is 1. The first-order chi connectivity index (χ1) is 14.5. The largest absolute Gasteiger partial charge is 0.467 e. The van der Waals surface area contributed by atoms with Crippen molar-refractivity contribution in [3.8, 4) is 0 Å². The lowest BCUT2D eigenvalue weighted by Crippen LogP contribution is -2.49. The van der Waals surface area contributed by atoms with E-state index in [2.05, 4.69) is 20.2 Å². The summed E-state index contributed by atoms with van der Waals surface area (Å²) in [5.41, 5.74) is 1.44. The monoisotopic (exact) mass is 430 g/mol. The summed E-state index contributed by atoms with van der Waals surface area (Å²) >= 11 is 1.81. The van der Waals surface area contributed by atoms with Gasteiger partial charge in [0.15, 0.2) is 0 Å². The molecule has 3 heterocycles. The zero-order chi connectivity index (χ0) is 21.3. The van der Waals surface area contributed by atoms with Crippen LogP contribution in [0.15, 0.2) is 6.33 Å². The van der Waals surface area contributed by atoms with Crippen LogP contribution in [0.4, 0.5) is 5.82 Å². The Hall–Kier alpha value is -2.22. The third-order valence-corrected chi connectivity index (χ3v) is 7.52. The van der Waals surface area contributed by atoms with Crippen molar-refractivity contribution in [2.24, 2.45) is 11.8 Å². The van der Waals surface area contributed by atoms with Crippen LogP contribution in [-0.4, -0.2) is 48.1 Å². The minimum atomic E-state index is -0.598. The molecule has 0 spiro atoms. The van der Waals surface area contributed by atoms with E-state index >= 15 is 0 Å². The molecule has 1 amide bonds. The lowest BCUT2D eigenvalue weighted by Gasteiger charge is -2.33. The normalized spacial score (nSPS) is 18.3. The molecule has 4 rings (SSSR count). The molecule has 1 aliphatic heterocycles. The third kappa shape index (κ3) is 4.02. The van der Waals surface area contributed by atoms with Gasteiger partial charge in [0, 0.05) is 23.9 Å². The number of hydrogen-bond donors (Lipinski definition) is 1. The molecule has 8 heteroatoms. The molecule has 0 radical (unpaired) electrons.